The van der Waals surface area contributed by atoms with E-state index in [0.717, 1.165) is 48.9 Å². The molecule has 1 atom stereocenters. The molecule has 2 aromatic rings. The van der Waals surface area contributed by atoms with E-state index in [1.54, 1.807) is 6.92 Å². The van der Waals surface area contributed by atoms with Gasteiger partial charge in [0.1, 0.15) is 0 Å². The Morgan fingerprint density at radius 1 is 1.06 bits per heavy atom. The molecule has 8 heteroatoms. The van der Waals surface area contributed by atoms with E-state index in [2.05, 4.69) is 27.4 Å². The fraction of sp³-hybridized carbons (Fsp3) is 0.385. The van der Waals surface area contributed by atoms with Crippen LogP contribution in [0.5, 0.6) is 0 Å². The molecule has 2 aromatic carbocycles. The number of piperazine rings is 1. The Bertz CT molecular complexity index is 1060. The first-order valence-corrected chi connectivity index (χ1v) is 12.2. The highest BCUT2D eigenvalue weighted by molar-refractivity contribution is 6.33. The quantitative estimate of drug-likeness (QED) is 0.585. The topological polar surface area (TPSA) is 73.9 Å². The second kappa shape index (κ2) is 10.9. The van der Waals surface area contributed by atoms with Gasteiger partial charge in [-0.2, -0.15) is 0 Å². The van der Waals surface area contributed by atoms with Crippen LogP contribution < -0.4 is 15.5 Å². The van der Waals surface area contributed by atoms with Crippen LogP contribution in [0.25, 0.3) is 0 Å². The number of esters is 1. The van der Waals surface area contributed by atoms with Crippen molar-refractivity contribution < 1.29 is 14.3 Å². The molecule has 0 aromatic heterocycles. The number of para-hydroxylation sites is 1. The summed E-state index contributed by atoms with van der Waals surface area (Å²) in [6.07, 6.45) is 0.921. The molecular weight excluding hydrogens is 452 g/mol. The number of ether oxygens (including phenoxy) is 1. The second-order valence-corrected chi connectivity index (χ2v) is 8.86. The first-order valence-electron chi connectivity index (χ1n) is 11.8. The predicted octanol–water partition coefficient (Wildman–Crippen LogP) is 3.90. The van der Waals surface area contributed by atoms with Gasteiger partial charge in [-0.05, 0) is 36.6 Å². The molecule has 0 saturated carbocycles. The molecule has 0 spiro atoms. The van der Waals surface area contributed by atoms with Crippen molar-refractivity contribution >= 4 is 29.3 Å². The average Bonchev–Trinajstić information content (AvgIpc) is 2.85. The van der Waals surface area contributed by atoms with Crippen molar-refractivity contribution in [2.24, 2.45) is 0 Å². The van der Waals surface area contributed by atoms with Gasteiger partial charge in [0.25, 0.3) is 0 Å². The number of hydrogen-bond acceptors (Lipinski definition) is 5. The lowest BCUT2D eigenvalue weighted by Crippen LogP contribution is -2.51. The van der Waals surface area contributed by atoms with Crippen LogP contribution in [0.15, 0.2) is 59.8 Å². The van der Waals surface area contributed by atoms with E-state index in [0.29, 0.717) is 17.8 Å². The first-order chi connectivity index (χ1) is 16.5. The molecule has 180 valence electrons. The monoisotopic (exact) mass is 482 g/mol. The fourth-order valence-corrected chi connectivity index (χ4v) is 4.72. The molecule has 4 rings (SSSR count). The minimum Gasteiger partial charge on any atom is -0.463 e. The number of carbonyl (C=O) groups is 2. The van der Waals surface area contributed by atoms with Gasteiger partial charge in [-0.3, -0.25) is 4.90 Å². The summed E-state index contributed by atoms with van der Waals surface area (Å²) in [6.45, 7) is 7.78. The van der Waals surface area contributed by atoms with E-state index >= 15 is 0 Å². The Labute approximate surface area is 205 Å². The third kappa shape index (κ3) is 5.37. The largest absolute Gasteiger partial charge is 0.463 e. The lowest BCUT2D eigenvalue weighted by molar-refractivity contribution is -0.139. The number of aryl methyl sites for hydroxylation is 1. The van der Waals surface area contributed by atoms with Gasteiger partial charge >= 0.3 is 12.0 Å². The Morgan fingerprint density at radius 3 is 2.41 bits per heavy atom. The van der Waals surface area contributed by atoms with Gasteiger partial charge in [-0.25, -0.2) is 9.59 Å². The number of nitrogens with one attached hydrogen (secondary N) is 2. The maximum atomic E-state index is 13.0. The van der Waals surface area contributed by atoms with Crippen LogP contribution in [-0.4, -0.2) is 56.2 Å². The summed E-state index contributed by atoms with van der Waals surface area (Å²) in [5.74, 6) is -0.413. The number of urea groups is 1. The highest BCUT2D eigenvalue weighted by Gasteiger charge is 2.34. The molecule has 0 unspecified atom stereocenters. The molecule has 34 heavy (non-hydrogen) atoms. The summed E-state index contributed by atoms with van der Waals surface area (Å²) in [4.78, 5) is 30.1. The normalized spacial score (nSPS) is 19.0. The standard InChI is InChI=1S/C26H31ClN4O3/c1-3-18-9-11-19(12-10-18)24-23(25(32)34-4-2)21(28-26(33)29-24)17-30-13-15-31(16-14-30)22-8-6-5-7-20(22)27/h5-12,24H,3-4,13-17H2,1-2H3,(H2,28,29,33)/t24-/m1/s1. The van der Waals surface area contributed by atoms with E-state index in [9.17, 15) is 9.59 Å². The zero-order valence-electron chi connectivity index (χ0n) is 19.6. The minimum atomic E-state index is -0.557. The Balaban J connectivity index is 1.56. The SMILES string of the molecule is CCOC(=O)C1=C(CN2CCN(c3ccccc3Cl)CC2)NC(=O)N[C@@H]1c1ccc(CC)cc1. The summed E-state index contributed by atoms with van der Waals surface area (Å²) in [5.41, 5.74) is 4.14. The molecule has 7 nitrogen and oxygen atoms in total. The Morgan fingerprint density at radius 2 is 1.76 bits per heavy atom. The van der Waals surface area contributed by atoms with Crippen molar-refractivity contribution in [1.82, 2.24) is 15.5 Å². The summed E-state index contributed by atoms with van der Waals surface area (Å²) in [7, 11) is 0. The Kier molecular flexibility index (Phi) is 7.75. The van der Waals surface area contributed by atoms with Gasteiger partial charge in [-0.15, -0.1) is 0 Å². The van der Waals surface area contributed by atoms with Crippen LogP contribution in [0, 0.1) is 0 Å². The molecule has 2 heterocycles. The van der Waals surface area contributed by atoms with Gasteiger partial charge < -0.3 is 20.3 Å². The molecule has 2 aliphatic rings. The van der Waals surface area contributed by atoms with Crippen LogP contribution in [0.2, 0.25) is 5.02 Å². The number of halogens is 1. The molecule has 2 amide bonds. The highest BCUT2D eigenvalue weighted by atomic mass is 35.5. The molecular formula is C26H31ClN4O3. The van der Waals surface area contributed by atoms with Crippen molar-refractivity contribution in [3.05, 3.63) is 76.0 Å². The van der Waals surface area contributed by atoms with Crippen molar-refractivity contribution in [2.75, 3.05) is 44.2 Å². The summed E-state index contributed by atoms with van der Waals surface area (Å²) >= 11 is 6.37. The van der Waals surface area contributed by atoms with Crippen LogP contribution in [0.3, 0.4) is 0 Å². The van der Waals surface area contributed by atoms with E-state index in [-0.39, 0.29) is 12.6 Å². The van der Waals surface area contributed by atoms with Crippen molar-refractivity contribution in [3.8, 4) is 0 Å². The van der Waals surface area contributed by atoms with Crippen LogP contribution in [0.1, 0.15) is 31.0 Å². The summed E-state index contributed by atoms with van der Waals surface area (Å²) in [6, 6.07) is 15.0. The third-order valence-electron chi connectivity index (χ3n) is 6.32. The second-order valence-electron chi connectivity index (χ2n) is 8.45. The van der Waals surface area contributed by atoms with Crippen molar-refractivity contribution in [2.45, 2.75) is 26.3 Å². The molecule has 1 fully saturated rings. The van der Waals surface area contributed by atoms with E-state index in [4.69, 9.17) is 16.3 Å². The number of rotatable bonds is 7. The molecule has 0 radical (unpaired) electrons. The maximum absolute atomic E-state index is 13.0. The van der Waals surface area contributed by atoms with Gasteiger partial charge in [0.2, 0.25) is 0 Å². The first kappa shape index (κ1) is 24.1. The number of anilines is 1. The molecule has 0 bridgehead atoms. The number of hydrogen-bond donors (Lipinski definition) is 2. The van der Waals surface area contributed by atoms with Crippen molar-refractivity contribution in [1.29, 1.82) is 0 Å². The number of amides is 2. The molecule has 2 aliphatic heterocycles. The maximum Gasteiger partial charge on any atom is 0.338 e. The summed E-state index contributed by atoms with van der Waals surface area (Å²) in [5, 5.41) is 6.53. The van der Waals surface area contributed by atoms with Gasteiger partial charge in [-0.1, -0.05) is 54.9 Å². The van der Waals surface area contributed by atoms with E-state index in [1.165, 1.54) is 5.56 Å². The zero-order valence-corrected chi connectivity index (χ0v) is 20.4. The van der Waals surface area contributed by atoms with Gasteiger partial charge in [0.05, 0.1) is 28.9 Å². The Hall–Kier alpha value is -3.03. The third-order valence-corrected chi connectivity index (χ3v) is 6.64. The predicted molar refractivity (Wildman–Crippen MR) is 134 cm³/mol. The zero-order chi connectivity index (χ0) is 24.1. The van der Waals surface area contributed by atoms with Gasteiger partial charge in [0.15, 0.2) is 0 Å². The average molecular weight is 483 g/mol. The molecule has 0 aliphatic carbocycles. The van der Waals surface area contributed by atoms with Gasteiger partial charge in [0, 0.05) is 38.4 Å². The number of benzene rings is 2. The lowest BCUT2D eigenvalue weighted by atomic mass is 9.94. The van der Waals surface area contributed by atoms with Crippen LogP contribution in [-0.2, 0) is 16.0 Å². The number of nitrogens with zero attached hydrogens (tertiary/aromatic N) is 2. The molecule has 1 saturated heterocycles. The van der Waals surface area contributed by atoms with Crippen LogP contribution >= 0.6 is 11.6 Å². The minimum absolute atomic E-state index is 0.265. The van der Waals surface area contributed by atoms with E-state index < -0.39 is 12.0 Å². The molecule has 2 N–H and O–H groups in total. The lowest BCUT2D eigenvalue weighted by Gasteiger charge is -2.38. The highest BCUT2D eigenvalue weighted by Crippen LogP contribution is 2.30. The van der Waals surface area contributed by atoms with E-state index in [1.807, 2.05) is 48.5 Å². The van der Waals surface area contributed by atoms with Crippen LogP contribution in [0.4, 0.5) is 10.5 Å². The smallest absolute Gasteiger partial charge is 0.338 e. The summed E-state index contributed by atoms with van der Waals surface area (Å²) < 4.78 is 5.39. The fourth-order valence-electron chi connectivity index (χ4n) is 4.47. The number of carbonyl (C=O) groups excluding carboxylic acids is 2. The van der Waals surface area contributed by atoms with Crippen molar-refractivity contribution in [3.63, 3.8) is 0 Å².